The van der Waals surface area contributed by atoms with Crippen molar-refractivity contribution in [3.63, 3.8) is 0 Å². The van der Waals surface area contributed by atoms with Gasteiger partial charge in [0.1, 0.15) is 6.04 Å². The van der Waals surface area contributed by atoms with Crippen LogP contribution in [0.1, 0.15) is 72.3 Å². The van der Waals surface area contributed by atoms with E-state index in [0.29, 0.717) is 25.4 Å². The molecule has 2 atom stereocenters. The summed E-state index contributed by atoms with van der Waals surface area (Å²) in [4.78, 5) is 40.0. The second kappa shape index (κ2) is 10.9. The Balaban J connectivity index is 2.04. The highest BCUT2D eigenvalue weighted by Gasteiger charge is 2.40. The topological polar surface area (TPSA) is 78.5 Å². The van der Waals surface area contributed by atoms with E-state index in [0.717, 1.165) is 11.4 Å². The van der Waals surface area contributed by atoms with E-state index in [4.69, 9.17) is 11.6 Å². The summed E-state index contributed by atoms with van der Waals surface area (Å²) >= 11 is 6.06. The molecule has 3 amide bonds. The summed E-state index contributed by atoms with van der Waals surface area (Å²) in [6.45, 7) is 13.2. The molecule has 1 aromatic rings. The molecule has 33 heavy (non-hydrogen) atoms. The number of hydrogen-bond acceptors (Lipinski definition) is 3. The number of nitrogens with zero attached hydrogens (tertiary/aromatic N) is 1. The third-order valence-electron chi connectivity index (χ3n) is 6.88. The summed E-state index contributed by atoms with van der Waals surface area (Å²) < 4.78 is 0. The fraction of sp³-hybridized carbons (Fsp3) is 0.654. The Labute approximate surface area is 203 Å². The molecule has 1 aliphatic rings. The fourth-order valence-corrected chi connectivity index (χ4v) is 4.82. The number of piperidine rings is 1. The molecule has 0 bridgehead atoms. The second-order valence-corrected chi connectivity index (χ2v) is 11.3. The van der Waals surface area contributed by atoms with Gasteiger partial charge >= 0.3 is 0 Å². The Morgan fingerprint density at radius 2 is 1.79 bits per heavy atom. The predicted octanol–water partition coefficient (Wildman–Crippen LogP) is 4.38. The lowest BCUT2D eigenvalue weighted by Crippen LogP contribution is -2.56. The minimum absolute atomic E-state index is 0.0356. The highest BCUT2D eigenvalue weighted by Crippen LogP contribution is 2.42. The van der Waals surface area contributed by atoms with Crippen molar-refractivity contribution in [2.75, 3.05) is 20.1 Å². The minimum Gasteiger partial charge on any atom is -0.359 e. The quantitative estimate of drug-likeness (QED) is 0.583. The summed E-state index contributed by atoms with van der Waals surface area (Å²) in [6, 6.07) is 7.40. The van der Waals surface area contributed by atoms with Gasteiger partial charge in [-0.3, -0.25) is 14.4 Å². The first kappa shape index (κ1) is 27.2. The summed E-state index contributed by atoms with van der Waals surface area (Å²) in [7, 11) is 1.59. The Hall–Kier alpha value is -2.08. The van der Waals surface area contributed by atoms with Crippen LogP contribution in [-0.4, -0.2) is 48.8 Å². The van der Waals surface area contributed by atoms with Crippen LogP contribution in [0.5, 0.6) is 0 Å². The smallest absolute Gasteiger partial charge is 0.245 e. The van der Waals surface area contributed by atoms with Gasteiger partial charge in [-0.15, -0.1) is 0 Å². The van der Waals surface area contributed by atoms with Crippen LogP contribution >= 0.6 is 11.6 Å². The molecule has 1 unspecified atom stereocenters. The molecule has 7 heteroatoms. The van der Waals surface area contributed by atoms with Crippen molar-refractivity contribution in [2.24, 2.45) is 16.7 Å². The number of likely N-dealkylation sites (tertiary alicyclic amines) is 1. The van der Waals surface area contributed by atoms with Gasteiger partial charge in [-0.05, 0) is 47.8 Å². The van der Waals surface area contributed by atoms with Gasteiger partial charge in [0.15, 0.2) is 0 Å². The highest BCUT2D eigenvalue weighted by molar-refractivity contribution is 6.30. The van der Waals surface area contributed by atoms with Crippen LogP contribution in [0.4, 0.5) is 0 Å². The summed E-state index contributed by atoms with van der Waals surface area (Å²) in [5, 5.41) is 6.30. The molecule has 1 fully saturated rings. The van der Waals surface area contributed by atoms with Gasteiger partial charge in [0.25, 0.3) is 0 Å². The van der Waals surface area contributed by atoms with Gasteiger partial charge in [0, 0.05) is 37.0 Å². The molecule has 0 radical (unpaired) electrons. The fourth-order valence-electron chi connectivity index (χ4n) is 4.69. The van der Waals surface area contributed by atoms with Gasteiger partial charge in [0.05, 0.1) is 0 Å². The van der Waals surface area contributed by atoms with Crippen LogP contribution in [0.15, 0.2) is 24.3 Å². The first-order chi connectivity index (χ1) is 15.3. The number of carbonyl (C=O) groups is 3. The van der Waals surface area contributed by atoms with Crippen molar-refractivity contribution in [3.05, 3.63) is 34.9 Å². The van der Waals surface area contributed by atoms with E-state index in [1.54, 1.807) is 7.05 Å². The standard InChI is InChI=1S/C26H40ClN3O3/c1-17(2)22(29-21(31)12-14-25(3,4)24(33)28-7)23(32)30-15-13-20(26(5,6)16-30)18-8-10-19(27)11-9-18/h8-11,17,20,22H,12-16H2,1-7H3,(H,28,33)(H,29,31)/t20?,22-/m1/s1. The zero-order chi connectivity index (χ0) is 25.0. The molecule has 1 heterocycles. The van der Waals surface area contributed by atoms with Crippen LogP contribution in [0.25, 0.3) is 0 Å². The first-order valence-corrected chi connectivity index (χ1v) is 12.2. The van der Waals surface area contributed by atoms with Crippen LogP contribution < -0.4 is 10.6 Å². The predicted molar refractivity (Wildman–Crippen MR) is 133 cm³/mol. The Kier molecular flexibility index (Phi) is 8.97. The maximum atomic E-state index is 13.4. The molecular weight excluding hydrogens is 438 g/mol. The van der Waals surface area contributed by atoms with Crippen molar-refractivity contribution in [2.45, 2.75) is 72.8 Å². The summed E-state index contributed by atoms with van der Waals surface area (Å²) in [5.41, 5.74) is 0.492. The highest BCUT2D eigenvalue weighted by atomic mass is 35.5. The molecular formula is C26H40ClN3O3. The largest absolute Gasteiger partial charge is 0.359 e. The molecule has 1 saturated heterocycles. The molecule has 0 aliphatic carbocycles. The minimum atomic E-state index is -0.642. The van der Waals surface area contributed by atoms with Crippen molar-refractivity contribution in [3.8, 4) is 0 Å². The van der Waals surface area contributed by atoms with E-state index in [-0.39, 0.29) is 35.5 Å². The summed E-state index contributed by atoms with van der Waals surface area (Å²) in [5.74, 6) is -0.0400. The molecule has 0 spiro atoms. The van der Waals surface area contributed by atoms with Crippen LogP contribution in [0.2, 0.25) is 5.02 Å². The number of amides is 3. The Bertz CT molecular complexity index is 849. The number of carbonyl (C=O) groups excluding carboxylic acids is 3. The zero-order valence-corrected chi connectivity index (χ0v) is 21.9. The van der Waals surface area contributed by atoms with E-state index in [2.05, 4.69) is 36.6 Å². The van der Waals surface area contributed by atoms with Gasteiger partial charge in [-0.25, -0.2) is 0 Å². The lowest BCUT2D eigenvalue weighted by Gasteiger charge is -2.45. The van der Waals surface area contributed by atoms with E-state index in [1.165, 1.54) is 5.56 Å². The number of nitrogens with one attached hydrogen (secondary N) is 2. The van der Waals surface area contributed by atoms with E-state index < -0.39 is 11.5 Å². The Morgan fingerprint density at radius 1 is 1.18 bits per heavy atom. The van der Waals surface area contributed by atoms with Gasteiger partial charge in [0.2, 0.25) is 17.7 Å². The molecule has 0 aromatic heterocycles. The summed E-state index contributed by atoms with van der Waals surface area (Å²) in [6.07, 6.45) is 1.47. The molecule has 2 rings (SSSR count). The van der Waals surface area contributed by atoms with Gasteiger partial charge in [-0.1, -0.05) is 65.3 Å². The van der Waals surface area contributed by atoms with Gasteiger partial charge < -0.3 is 15.5 Å². The van der Waals surface area contributed by atoms with Crippen LogP contribution in [0.3, 0.4) is 0 Å². The molecule has 1 aliphatic heterocycles. The average Bonchev–Trinajstić information content (AvgIpc) is 2.75. The van der Waals surface area contributed by atoms with Crippen molar-refractivity contribution in [1.29, 1.82) is 0 Å². The lowest BCUT2D eigenvalue weighted by molar-refractivity contribution is -0.141. The van der Waals surface area contributed by atoms with Crippen LogP contribution in [-0.2, 0) is 14.4 Å². The number of halogens is 1. The average molecular weight is 478 g/mol. The van der Waals surface area contributed by atoms with Gasteiger partial charge in [-0.2, -0.15) is 0 Å². The molecule has 184 valence electrons. The zero-order valence-electron chi connectivity index (χ0n) is 21.1. The molecule has 0 saturated carbocycles. The third kappa shape index (κ3) is 6.95. The SMILES string of the molecule is CNC(=O)C(C)(C)CCC(=O)N[C@@H](C(=O)N1CCC(c2ccc(Cl)cc2)C(C)(C)C1)C(C)C. The van der Waals surface area contributed by atoms with Crippen molar-refractivity contribution in [1.82, 2.24) is 15.5 Å². The second-order valence-electron chi connectivity index (χ2n) is 10.9. The first-order valence-electron chi connectivity index (χ1n) is 11.8. The molecule has 1 aromatic carbocycles. The Morgan fingerprint density at radius 3 is 2.30 bits per heavy atom. The maximum Gasteiger partial charge on any atom is 0.245 e. The third-order valence-corrected chi connectivity index (χ3v) is 7.13. The molecule has 6 nitrogen and oxygen atoms in total. The van der Waals surface area contributed by atoms with Crippen LogP contribution in [0, 0.1) is 16.7 Å². The molecule has 2 N–H and O–H groups in total. The number of rotatable bonds is 8. The monoisotopic (exact) mass is 477 g/mol. The van der Waals surface area contributed by atoms with Crippen molar-refractivity contribution < 1.29 is 14.4 Å². The van der Waals surface area contributed by atoms with E-state index >= 15 is 0 Å². The number of benzene rings is 1. The number of hydrogen-bond donors (Lipinski definition) is 2. The van der Waals surface area contributed by atoms with E-state index in [9.17, 15) is 14.4 Å². The van der Waals surface area contributed by atoms with Crippen molar-refractivity contribution >= 4 is 29.3 Å². The normalized spacial score (nSPS) is 19.2. The van der Waals surface area contributed by atoms with E-state index in [1.807, 2.05) is 44.7 Å². The lowest BCUT2D eigenvalue weighted by atomic mass is 9.70. The maximum absolute atomic E-state index is 13.4.